The molecule has 1 aromatic heterocycles. The van der Waals surface area contributed by atoms with Gasteiger partial charge in [0.15, 0.2) is 10.7 Å². The first kappa shape index (κ1) is 21.5. The highest BCUT2D eigenvalue weighted by Crippen LogP contribution is 2.28. The molecule has 0 bridgehead atoms. The van der Waals surface area contributed by atoms with Crippen molar-refractivity contribution in [2.24, 2.45) is 0 Å². The molecule has 0 radical (unpaired) electrons. The van der Waals surface area contributed by atoms with E-state index in [1.54, 1.807) is 18.2 Å². The maximum atomic E-state index is 12.6. The summed E-state index contributed by atoms with van der Waals surface area (Å²) < 4.78 is 11.5. The minimum atomic E-state index is -0.311. The number of ether oxygens (including phenoxy) is 1. The number of rotatable bonds is 6. The first-order valence-electron chi connectivity index (χ1n) is 10.4. The molecule has 4 rings (SSSR count). The molecule has 0 saturated carbocycles. The van der Waals surface area contributed by atoms with E-state index in [0.29, 0.717) is 40.6 Å². The van der Waals surface area contributed by atoms with Crippen molar-refractivity contribution in [3.8, 4) is 17.2 Å². The Hall–Kier alpha value is -3.71. The zero-order valence-electron chi connectivity index (χ0n) is 17.8. The van der Waals surface area contributed by atoms with E-state index in [4.69, 9.17) is 21.4 Å². The SMILES string of the molecule is CCCOc1cccc(C(=O)NC(=S)Nc2ccc3oc(-c4ccccc4C)nc3c2)c1. The molecule has 162 valence electrons. The number of benzene rings is 3. The molecular formula is C25H23N3O3S. The molecule has 0 spiro atoms. The third-order valence-corrected chi connectivity index (χ3v) is 5.02. The van der Waals surface area contributed by atoms with Gasteiger partial charge in [0, 0.05) is 16.8 Å². The third kappa shape index (κ3) is 4.95. The highest BCUT2D eigenvalue weighted by molar-refractivity contribution is 7.80. The maximum absolute atomic E-state index is 12.6. The van der Waals surface area contributed by atoms with Crippen LogP contribution in [0, 0.1) is 6.92 Å². The molecule has 0 aliphatic rings. The lowest BCUT2D eigenvalue weighted by Gasteiger charge is -2.10. The smallest absolute Gasteiger partial charge is 0.257 e. The van der Waals surface area contributed by atoms with Crippen LogP contribution in [0.1, 0.15) is 29.3 Å². The van der Waals surface area contributed by atoms with Gasteiger partial charge in [-0.05, 0) is 73.6 Å². The zero-order valence-corrected chi connectivity index (χ0v) is 18.7. The number of carbonyl (C=O) groups excluding carboxylic acids is 1. The number of aromatic nitrogens is 1. The van der Waals surface area contributed by atoms with E-state index in [2.05, 4.69) is 15.6 Å². The van der Waals surface area contributed by atoms with Crippen molar-refractivity contribution < 1.29 is 13.9 Å². The second-order valence-corrected chi connectivity index (χ2v) is 7.71. The summed E-state index contributed by atoms with van der Waals surface area (Å²) in [7, 11) is 0. The van der Waals surface area contributed by atoms with Crippen molar-refractivity contribution in [3.63, 3.8) is 0 Å². The minimum absolute atomic E-state index is 0.192. The molecule has 1 amide bonds. The van der Waals surface area contributed by atoms with Gasteiger partial charge < -0.3 is 14.5 Å². The van der Waals surface area contributed by atoms with Gasteiger partial charge in [-0.15, -0.1) is 0 Å². The molecule has 2 N–H and O–H groups in total. The van der Waals surface area contributed by atoms with Crippen molar-refractivity contribution >= 4 is 40.0 Å². The number of amides is 1. The van der Waals surface area contributed by atoms with Crippen molar-refractivity contribution in [2.45, 2.75) is 20.3 Å². The molecule has 0 unspecified atom stereocenters. The Morgan fingerprint density at radius 2 is 1.94 bits per heavy atom. The number of hydrogen-bond donors (Lipinski definition) is 2. The summed E-state index contributed by atoms with van der Waals surface area (Å²) in [5, 5.41) is 5.92. The molecule has 32 heavy (non-hydrogen) atoms. The van der Waals surface area contributed by atoms with Crippen LogP contribution in [-0.4, -0.2) is 22.6 Å². The third-order valence-electron chi connectivity index (χ3n) is 4.82. The van der Waals surface area contributed by atoms with Crippen molar-refractivity contribution in [3.05, 3.63) is 77.9 Å². The Balaban J connectivity index is 1.44. The standard InChI is InChI=1S/C25H23N3O3S/c1-3-13-30-19-9-6-8-17(14-19)23(29)28-25(32)26-18-11-12-22-21(15-18)27-24(31-22)20-10-5-4-7-16(20)2/h4-12,14-15H,3,13H2,1-2H3,(H2,26,28,29,32). The number of aryl methyl sites for hydroxylation is 1. The summed E-state index contributed by atoms with van der Waals surface area (Å²) in [4.78, 5) is 17.2. The van der Waals surface area contributed by atoms with Crippen LogP contribution < -0.4 is 15.4 Å². The number of nitrogens with zero attached hydrogens (tertiary/aromatic N) is 1. The summed E-state index contributed by atoms with van der Waals surface area (Å²) in [6.45, 7) is 4.64. The van der Waals surface area contributed by atoms with Gasteiger partial charge in [0.05, 0.1) is 6.61 Å². The number of nitrogens with one attached hydrogen (secondary N) is 2. The highest BCUT2D eigenvalue weighted by Gasteiger charge is 2.12. The molecule has 0 aliphatic carbocycles. The maximum Gasteiger partial charge on any atom is 0.257 e. The molecule has 7 heteroatoms. The molecule has 1 heterocycles. The Morgan fingerprint density at radius 1 is 1.09 bits per heavy atom. The lowest BCUT2D eigenvalue weighted by atomic mass is 10.1. The van der Waals surface area contributed by atoms with E-state index < -0.39 is 0 Å². The van der Waals surface area contributed by atoms with Crippen molar-refractivity contribution in [1.29, 1.82) is 0 Å². The van der Waals surface area contributed by atoms with E-state index in [0.717, 1.165) is 17.5 Å². The fraction of sp³-hybridized carbons (Fsp3) is 0.160. The van der Waals surface area contributed by atoms with Gasteiger partial charge in [-0.3, -0.25) is 10.1 Å². The van der Waals surface area contributed by atoms with Gasteiger partial charge >= 0.3 is 0 Å². The number of anilines is 1. The molecule has 0 fully saturated rings. The topological polar surface area (TPSA) is 76.4 Å². The van der Waals surface area contributed by atoms with Gasteiger partial charge in [0.1, 0.15) is 11.3 Å². The Morgan fingerprint density at radius 3 is 2.75 bits per heavy atom. The van der Waals surface area contributed by atoms with Gasteiger partial charge in [-0.2, -0.15) is 0 Å². The average molecular weight is 446 g/mol. The second-order valence-electron chi connectivity index (χ2n) is 7.30. The van der Waals surface area contributed by atoms with Gasteiger partial charge in [0.2, 0.25) is 5.89 Å². The van der Waals surface area contributed by atoms with Crippen LogP contribution >= 0.6 is 12.2 Å². The Labute approximate surface area is 191 Å². The molecular weight excluding hydrogens is 422 g/mol. The van der Waals surface area contributed by atoms with E-state index in [1.165, 1.54) is 0 Å². The van der Waals surface area contributed by atoms with E-state index in [9.17, 15) is 4.79 Å². The van der Waals surface area contributed by atoms with E-state index >= 15 is 0 Å². The first-order chi connectivity index (χ1) is 15.5. The molecule has 0 saturated heterocycles. The summed E-state index contributed by atoms with van der Waals surface area (Å²) in [6, 6.07) is 20.4. The quantitative estimate of drug-likeness (QED) is 0.370. The molecule has 4 aromatic rings. The lowest BCUT2D eigenvalue weighted by molar-refractivity contribution is 0.0977. The number of thiocarbonyl (C=S) groups is 1. The Kier molecular flexibility index (Phi) is 6.47. The number of hydrogen-bond acceptors (Lipinski definition) is 5. The van der Waals surface area contributed by atoms with Gasteiger partial charge in [-0.1, -0.05) is 31.2 Å². The van der Waals surface area contributed by atoms with Crippen LogP contribution in [0.25, 0.3) is 22.6 Å². The van der Waals surface area contributed by atoms with Crippen LogP contribution in [0.4, 0.5) is 5.69 Å². The van der Waals surface area contributed by atoms with Crippen LogP contribution in [0.15, 0.2) is 71.1 Å². The van der Waals surface area contributed by atoms with Gasteiger partial charge in [0.25, 0.3) is 5.91 Å². The monoisotopic (exact) mass is 445 g/mol. The average Bonchev–Trinajstić information content (AvgIpc) is 3.21. The Bertz CT molecular complexity index is 1280. The number of carbonyl (C=O) groups is 1. The molecule has 6 nitrogen and oxygen atoms in total. The second kappa shape index (κ2) is 9.62. The van der Waals surface area contributed by atoms with E-state index in [-0.39, 0.29) is 11.0 Å². The summed E-state index contributed by atoms with van der Waals surface area (Å²) in [5.41, 5.74) is 4.58. The minimum Gasteiger partial charge on any atom is -0.494 e. The summed E-state index contributed by atoms with van der Waals surface area (Å²) in [6.07, 6.45) is 0.896. The predicted octanol–water partition coefficient (Wildman–Crippen LogP) is 5.72. The molecule has 3 aromatic carbocycles. The zero-order chi connectivity index (χ0) is 22.5. The normalized spacial score (nSPS) is 10.7. The van der Waals surface area contributed by atoms with Crippen LogP contribution in [0.5, 0.6) is 5.75 Å². The lowest BCUT2D eigenvalue weighted by Crippen LogP contribution is -2.34. The molecule has 0 aliphatic heterocycles. The number of fused-ring (bicyclic) bond motifs is 1. The fourth-order valence-corrected chi connectivity index (χ4v) is 3.43. The number of oxazole rings is 1. The van der Waals surface area contributed by atoms with Crippen LogP contribution in [0.2, 0.25) is 0 Å². The molecule has 0 atom stereocenters. The van der Waals surface area contributed by atoms with Gasteiger partial charge in [-0.25, -0.2) is 4.98 Å². The van der Waals surface area contributed by atoms with Crippen LogP contribution in [0.3, 0.4) is 0 Å². The van der Waals surface area contributed by atoms with Crippen molar-refractivity contribution in [1.82, 2.24) is 10.3 Å². The van der Waals surface area contributed by atoms with Crippen LogP contribution in [-0.2, 0) is 0 Å². The largest absolute Gasteiger partial charge is 0.494 e. The first-order valence-corrected chi connectivity index (χ1v) is 10.8. The highest BCUT2D eigenvalue weighted by atomic mass is 32.1. The summed E-state index contributed by atoms with van der Waals surface area (Å²) in [5.74, 6) is 0.907. The predicted molar refractivity (Wildman–Crippen MR) is 130 cm³/mol. The van der Waals surface area contributed by atoms with E-state index in [1.807, 2.05) is 62.4 Å². The summed E-state index contributed by atoms with van der Waals surface area (Å²) >= 11 is 5.32. The fourth-order valence-electron chi connectivity index (χ4n) is 3.22. The van der Waals surface area contributed by atoms with Crippen molar-refractivity contribution in [2.75, 3.05) is 11.9 Å².